The third-order valence-corrected chi connectivity index (χ3v) is 10.1. The van der Waals surface area contributed by atoms with Crippen molar-refractivity contribution in [1.82, 2.24) is 4.31 Å². The summed E-state index contributed by atoms with van der Waals surface area (Å²) >= 11 is 18.2. The largest absolute Gasteiger partial charge is 0.465 e. The van der Waals surface area contributed by atoms with Gasteiger partial charge in [0.05, 0.1) is 45.3 Å². The number of amides is 1. The Morgan fingerprint density at radius 1 is 0.958 bits per heavy atom. The Morgan fingerprint density at radius 3 is 2.31 bits per heavy atom. The maximum Gasteiger partial charge on any atom is 0.416 e. The summed E-state index contributed by atoms with van der Waals surface area (Å²) in [7, 11) is -3.02. The van der Waals surface area contributed by atoms with Gasteiger partial charge in [-0.2, -0.15) is 17.5 Å². The van der Waals surface area contributed by atoms with Crippen LogP contribution < -0.4 is 4.90 Å². The summed E-state index contributed by atoms with van der Waals surface area (Å²) < 4.78 is 79.8. The standard InChI is InChI=1S/C33H24Cl3F3N2O6S/c1-19-30(32(43)46-2)27(31(42)41(19)23-5-3-4-21(15-23)33(37,38)39)16-24-9-10-25(47-24)18-40(17-20-6-13-28(35)29(36)14-20)48(44,45)26-11-7-22(34)8-12-26/h3-16H,17-18H2,1-2H3/b27-16+. The molecule has 1 amide bonds. The lowest BCUT2D eigenvalue weighted by Crippen LogP contribution is -2.30. The molecule has 5 rings (SSSR count). The van der Waals surface area contributed by atoms with E-state index in [1.54, 1.807) is 12.1 Å². The molecule has 8 nitrogen and oxygen atoms in total. The van der Waals surface area contributed by atoms with Gasteiger partial charge in [-0.15, -0.1) is 0 Å². The van der Waals surface area contributed by atoms with Crippen LogP contribution in [0.3, 0.4) is 0 Å². The zero-order chi connectivity index (χ0) is 35.0. The number of alkyl halides is 3. The van der Waals surface area contributed by atoms with Gasteiger partial charge in [-0.05, 0) is 85.3 Å². The number of anilines is 1. The molecule has 250 valence electrons. The van der Waals surface area contributed by atoms with Gasteiger partial charge in [-0.1, -0.05) is 46.9 Å². The van der Waals surface area contributed by atoms with Crippen molar-refractivity contribution in [3.8, 4) is 0 Å². The van der Waals surface area contributed by atoms with E-state index in [-0.39, 0.29) is 57.1 Å². The third-order valence-electron chi connectivity index (χ3n) is 7.32. The van der Waals surface area contributed by atoms with Crippen LogP contribution in [0.1, 0.15) is 29.6 Å². The van der Waals surface area contributed by atoms with Crippen LogP contribution in [0.2, 0.25) is 15.1 Å². The molecule has 4 aromatic rings. The molecule has 1 aliphatic rings. The Hall–Kier alpha value is -4.07. The van der Waals surface area contributed by atoms with Gasteiger partial charge in [-0.3, -0.25) is 9.69 Å². The van der Waals surface area contributed by atoms with Crippen molar-refractivity contribution in [2.45, 2.75) is 31.1 Å². The van der Waals surface area contributed by atoms with Crippen molar-refractivity contribution in [3.05, 3.63) is 133 Å². The number of halogens is 6. The molecule has 3 aromatic carbocycles. The molecular formula is C33H24Cl3F3N2O6S. The lowest BCUT2D eigenvalue weighted by molar-refractivity contribution is -0.137. The molecule has 0 spiro atoms. The lowest BCUT2D eigenvalue weighted by atomic mass is 10.1. The van der Waals surface area contributed by atoms with E-state index in [1.807, 2.05) is 0 Å². The van der Waals surface area contributed by atoms with Gasteiger partial charge >= 0.3 is 12.1 Å². The highest BCUT2D eigenvalue weighted by molar-refractivity contribution is 7.89. The molecule has 1 aromatic heterocycles. The Morgan fingerprint density at radius 2 is 1.67 bits per heavy atom. The second kappa shape index (κ2) is 13.8. The number of rotatable bonds is 9. The van der Waals surface area contributed by atoms with Gasteiger partial charge in [0.15, 0.2) is 0 Å². The number of methoxy groups -OCH3 is 1. The second-order valence-corrected chi connectivity index (χ2v) is 13.7. The number of furan rings is 1. The fourth-order valence-corrected chi connectivity index (χ4v) is 6.85. The molecule has 1 aliphatic heterocycles. The van der Waals surface area contributed by atoms with Gasteiger partial charge in [0.1, 0.15) is 11.5 Å². The van der Waals surface area contributed by atoms with E-state index in [0.717, 1.165) is 34.5 Å². The summed E-state index contributed by atoms with van der Waals surface area (Å²) in [6.07, 6.45) is -3.42. The molecule has 0 unspecified atom stereocenters. The molecule has 0 fully saturated rings. The first kappa shape index (κ1) is 35.2. The summed E-state index contributed by atoms with van der Waals surface area (Å²) in [6, 6.07) is 17.4. The van der Waals surface area contributed by atoms with Gasteiger partial charge in [-0.25, -0.2) is 13.2 Å². The molecule has 48 heavy (non-hydrogen) atoms. The third kappa shape index (κ3) is 7.32. The number of hydrogen-bond donors (Lipinski definition) is 0. The minimum absolute atomic E-state index is 0.0320. The monoisotopic (exact) mass is 738 g/mol. The number of esters is 1. The van der Waals surface area contributed by atoms with Crippen LogP contribution in [0.15, 0.2) is 105 Å². The highest BCUT2D eigenvalue weighted by Crippen LogP contribution is 2.38. The average molecular weight is 740 g/mol. The number of nitrogens with zero attached hydrogens (tertiary/aromatic N) is 2. The topological polar surface area (TPSA) is 97.1 Å². The van der Waals surface area contributed by atoms with E-state index in [2.05, 4.69) is 0 Å². The van der Waals surface area contributed by atoms with Crippen LogP contribution in [0.4, 0.5) is 18.9 Å². The van der Waals surface area contributed by atoms with Crippen molar-refractivity contribution in [1.29, 1.82) is 0 Å². The van der Waals surface area contributed by atoms with Gasteiger partial charge in [0.25, 0.3) is 5.91 Å². The predicted molar refractivity (Wildman–Crippen MR) is 175 cm³/mol. The number of allylic oxidation sites excluding steroid dienone is 1. The van der Waals surface area contributed by atoms with E-state index in [9.17, 15) is 31.2 Å². The van der Waals surface area contributed by atoms with Crippen molar-refractivity contribution in [2.75, 3.05) is 12.0 Å². The van der Waals surface area contributed by atoms with Crippen molar-refractivity contribution in [3.63, 3.8) is 0 Å². The van der Waals surface area contributed by atoms with Crippen LogP contribution >= 0.6 is 34.8 Å². The molecule has 0 atom stereocenters. The summed E-state index contributed by atoms with van der Waals surface area (Å²) in [5.74, 6) is -1.46. The first-order valence-corrected chi connectivity index (χ1v) is 16.5. The molecule has 15 heteroatoms. The Labute approximate surface area is 288 Å². The van der Waals surface area contributed by atoms with Gasteiger partial charge in [0, 0.05) is 23.0 Å². The number of benzene rings is 3. The maximum atomic E-state index is 13.8. The Balaban J connectivity index is 1.50. The fraction of sp³-hybridized carbons (Fsp3) is 0.152. The minimum atomic E-state index is -4.67. The molecule has 0 N–H and O–H groups in total. The SMILES string of the molecule is COC(=O)C1=C(C)N(c2cccc(C(F)(F)F)c2)C(=O)/C1=C/c1ccc(CN(Cc2ccc(Cl)c(Cl)c2)S(=O)(=O)c2ccc(Cl)cc2)o1. The summed E-state index contributed by atoms with van der Waals surface area (Å²) in [5.41, 5.74) is -0.880. The predicted octanol–water partition coefficient (Wildman–Crippen LogP) is 8.53. The van der Waals surface area contributed by atoms with Crippen LogP contribution in [0, 0.1) is 0 Å². The molecule has 0 bridgehead atoms. The highest BCUT2D eigenvalue weighted by Gasteiger charge is 2.39. The van der Waals surface area contributed by atoms with E-state index >= 15 is 0 Å². The van der Waals surface area contributed by atoms with Crippen molar-refractivity contribution in [2.24, 2.45) is 0 Å². The first-order valence-electron chi connectivity index (χ1n) is 13.9. The van der Waals surface area contributed by atoms with Crippen LogP contribution in [0.25, 0.3) is 6.08 Å². The van der Waals surface area contributed by atoms with Crippen LogP contribution in [0.5, 0.6) is 0 Å². The summed E-state index contributed by atoms with van der Waals surface area (Å²) in [5, 5.41) is 0.868. The molecule has 0 saturated heterocycles. The van der Waals surface area contributed by atoms with E-state index in [4.69, 9.17) is 44.0 Å². The van der Waals surface area contributed by atoms with E-state index in [1.165, 1.54) is 61.5 Å². The molecule has 0 radical (unpaired) electrons. The highest BCUT2D eigenvalue weighted by atomic mass is 35.5. The number of hydrogen-bond acceptors (Lipinski definition) is 6. The van der Waals surface area contributed by atoms with Gasteiger partial charge in [0.2, 0.25) is 10.0 Å². The number of sulfonamides is 1. The van der Waals surface area contributed by atoms with E-state index in [0.29, 0.717) is 15.6 Å². The summed E-state index contributed by atoms with van der Waals surface area (Å²) in [6.45, 7) is 1.01. The van der Waals surface area contributed by atoms with Crippen molar-refractivity contribution >= 4 is 68.5 Å². The number of ether oxygens (including phenoxy) is 1. The zero-order valence-electron chi connectivity index (χ0n) is 25.0. The van der Waals surface area contributed by atoms with Gasteiger partial charge < -0.3 is 9.15 Å². The Kier molecular flexibility index (Phi) is 10.1. The maximum absolute atomic E-state index is 13.8. The minimum Gasteiger partial charge on any atom is -0.465 e. The molecule has 2 heterocycles. The summed E-state index contributed by atoms with van der Waals surface area (Å²) in [4.78, 5) is 27.4. The van der Waals surface area contributed by atoms with Crippen molar-refractivity contribution < 1.29 is 40.3 Å². The fourth-order valence-electron chi connectivity index (χ4n) is 5.01. The molecular weight excluding hydrogens is 716 g/mol. The molecule has 0 aliphatic carbocycles. The average Bonchev–Trinajstić information content (AvgIpc) is 3.58. The smallest absolute Gasteiger partial charge is 0.416 e. The Bertz CT molecular complexity index is 2080. The first-order chi connectivity index (χ1) is 22.6. The number of carbonyl (C=O) groups is 2. The van der Waals surface area contributed by atoms with Crippen LogP contribution in [-0.4, -0.2) is 31.7 Å². The lowest BCUT2D eigenvalue weighted by Gasteiger charge is -2.22. The normalized spacial score (nSPS) is 14.8. The second-order valence-electron chi connectivity index (χ2n) is 10.5. The number of carbonyl (C=O) groups excluding carboxylic acids is 2. The molecule has 0 saturated carbocycles. The quantitative estimate of drug-likeness (QED) is 0.126. The van der Waals surface area contributed by atoms with E-state index < -0.39 is 33.6 Å². The zero-order valence-corrected chi connectivity index (χ0v) is 28.1. The van der Waals surface area contributed by atoms with Crippen LogP contribution in [-0.2, 0) is 43.6 Å².